The number of carbonyl (C=O) groups is 1. The van der Waals surface area contributed by atoms with Gasteiger partial charge in [-0.25, -0.2) is 0 Å². The Labute approximate surface area is 66.7 Å². The summed E-state index contributed by atoms with van der Waals surface area (Å²) in [6.07, 6.45) is 4.71. The zero-order valence-corrected chi connectivity index (χ0v) is 6.62. The van der Waals surface area contributed by atoms with Crippen molar-refractivity contribution in [2.24, 2.45) is 0 Å². The van der Waals surface area contributed by atoms with Gasteiger partial charge in [-0.1, -0.05) is 0 Å². The van der Waals surface area contributed by atoms with Crippen LogP contribution in [0.3, 0.4) is 0 Å². The minimum Gasteiger partial charge on any atom is -0.468 e. The van der Waals surface area contributed by atoms with Crippen LogP contribution in [0, 0.1) is 0 Å². The molecule has 1 aliphatic heterocycles. The summed E-state index contributed by atoms with van der Waals surface area (Å²) in [6.45, 7) is 1.93. The van der Waals surface area contributed by atoms with E-state index in [1.165, 1.54) is 12.8 Å². The number of ether oxygens (including phenoxy) is 2. The normalized spacial score (nSPS) is 23.5. The summed E-state index contributed by atoms with van der Waals surface area (Å²) in [7, 11) is 0. The summed E-state index contributed by atoms with van der Waals surface area (Å²) in [5.74, 6) is 0. The van der Waals surface area contributed by atoms with E-state index in [0.717, 1.165) is 19.4 Å². The molecule has 64 valence electrons. The van der Waals surface area contributed by atoms with Crippen molar-refractivity contribution < 1.29 is 14.3 Å². The lowest BCUT2D eigenvalue weighted by molar-refractivity contribution is -0.128. The minimum absolute atomic E-state index is 0.422. The van der Waals surface area contributed by atoms with Gasteiger partial charge in [-0.05, 0) is 25.7 Å². The molecule has 0 unspecified atom stereocenters. The van der Waals surface area contributed by atoms with Crippen LogP contribution in [0.1, 0.15) is 25.7 Å². The molecule has 1 heterocycles. The molecule has 0 bridgehead atoms. The Morgan fingerprint density at radius 3 is 3.18 bits per heavy atom. The van der Waals surface area contributed by atoms with Crippen LogP contribution in [-0.2, 0) is 14.3 Å². The number of hydrogen-bond donors (Lipinski definition) is 0. The maximum absolute atomic E-state index is 9.75. The molecule has 0 radical (unpaired) electrons. The van der Waals surface area contributed by atoms with Gasteiger partial charge in [0.2, 0.25) is 0 Å². The highest BCUT2D eigenvalue weighted by Crippen LogP contribution is 2.16. The van der Waals surface area contributed by atoms with Crippen LogP contribution >= 0.6 is 0 Å². The van der Waals surface area contributed by atoms with Crippen molar-refractivity contribution in [2.75, 3.05) is 13.2 Å². The fourth-order valence-electron chi connectivity index (χ4n) is 1.31. The third kappa shape index (κ3) is 3.37. The fraction of sp³-hybridized carbons (Fsp3) is 0.875. The maximum atomic E-state index is 9.75. The van der Waals surface area contributed by atoms with Gasteiger partial charge in [-0.15, -0.1) is 0 Å². The van der Waals surface area contributed by atoms with Gasteiger partial charge >= 0.3 is 0 Å². The molecule has 0 spiro atoms. The van der Waals surface area contributed by atoms with Crippen LogP contribution in [0.2, 0.25) is 0 Å². The molecule has 3 nitrogen and oxygen atoms in total. The van der Waals surface area contributed by atoms with Crippen molar-refractivity contribution in [3.05, 3.63) is 0 Å². The Morgan fingerprint density at radius 1 is 1.64 bits per heavy atom. The first-order valence-corrected chi connectivity index (χ1v) is 4.10. The molecule has 0 aromatic carbocycles. The molecule has 0 aromatic rings. The summed E-state index contributed by atoms with van der Waals surface area (Å²) >= 11 is 0. The summed E-state index contributed by atoms with van der Waals surface area (Å²) in [4.78, 5) is 9.75. The lowest BCUT2D eigenvalue weighted by atomic mass is 10.1. The Balaban J connectivity index is 1.89. The van der Waals surface area contributed by atoms with Crippen molar-refractivity contribution in [3.63, 3.8) is 0 Å². The van der Waals surface area contributed by atoms with Gasteiger partial charge in [0.1, 0.15) is 0 Å². The maximum Gasteiger partial charge on any atom is 0.293 e. The molecular formula is C8H14O3. The van der Waals surface area contributed by atoms with Crippen molar-refractivity contribution >= 4 is 6.47 Å². The minimum atomic E-state index is 0.422. The summed E-state index contributed by atoms with van der Waals surface area (Å²) in [5.41, 5.74) is 0. The summed E-state index contributed by atoms with van der Waals surface area (Å²) in [5, 5.41) is 0. The molecule has 3 heteroatoms. The van der Waals surface area contributed by atoms with E-state index in [1.807, 2.05) is 0 Å². The zero-order valence-electron chi connectivity index (χ0n) is 6.62. The number of hydrogen-bond acceptors (Lipinski definition) is 3. The third-order valence-corrected chi connectivity index (χ3v) is 1.88. The predicted molar refractivity (Wildman–Crippen MR) is 40.2 cm³/mol. The molecular weight excluding hydrogens is 144 g/mol. The van der Waals surface area contributed by atoms with E-state index in [4.69, 9.17) is 4.74 Å². The van der Waals surface area contributed by atoms with E-state index in [0.29, 0.717) is 19.2 Å². The van der Waals surface area contributed by atoms with E-state index < -0.39 is 0 Å². The first-order valence-electron chi connectivity index (χ1n) is 4.10. The third-order valence-electron chi connectivity index (χ3n) is 1.88. The zero-order chi connectivity index (χ0) is 7.94. The largest absolute Gasteiger partial charge is 0.468 e. The van der Waals surface area contributed by atoms with Gasteiger partial charge in [0.15, 0.2) is 0 Å². The van der Waals surface area contributed by atoms with E-state index in [1.54, 1.807) is 0 Å². The highest BCUT2D eigenvalue weighted by Gasteiger charge is 2.14. The molecule has 0 amide bonds. The monoisotopic (exact) mass is 158 g/mol. The summed E-state index contributed by atoms with van der Waals surface area (Å²) < 4.78 is 9.95. The lowest BCUT2D eigenvalue weighted by Crippen LogP contribution is -2.06. The van der Waals surface area contributed by atoms with Crippen LogP contribution in [0.15, 0.2) is 0 Å². The Hall–Kier alpha value is -0.570. The average Bonchev–Trinajstić information content (AvgIpc) is 2.50. The highest BCUT2D eigenvalue weighted by atomic mass is 16.5. The van der Waals surface area contributed by atoms with Crippen molar-refractivity contribution in [2.45, 2.75) is 31.8 Å². The van der Waals surface area contributed by atoms with Crippen LogP contribution in [0.5, 0.6) is 0 Å². The molecule has 1 aliphatic rings. The smallest absolute Gasteiger partial charge is 0.293 e. The molecule has 1 atom stereocenters. The van der Waals surface area contributed by atoms with Crippen LogP contribution in [-0.4, -0.2) is 25.8 Å². The molecule has 0 aromatic heterocycles. The molecule has 11 heavy (non-hydrogen) atoms. The van der Waals surface area contributed by atoms with Gasteiger partial charge in [0, 0.05) is 6.61 Å². The van der Waals surface area contributed by atoms with Crippen LogP contribution < -0.4 is 0 Å². The SMILES string of the molecule is O=COCCC[C@@H]1CCCO1. The topological polar surface area (TPSA) is 35.5 Å². The van der Waals surface area contributed by atoms with Crippen LogP contribution in [0.4, 0.5) is 0 Å². The first-order chi connectivity index (χ1) is 5.43. The van der Waals surface area contributed by atoms with E-state index in [-0.39, 0.29) is 0 Å². The fourth-order valence-corrected chi connectivity index (χ4v) is 1.31. The first kappa shape index (κ1) is 8.53. The lowest BCUT2D eigenvalue weighted by Gasteiger charge is -2.07. The predicted octanol–water partition coefficient (Wildman–Crippen LogP) is 1.12. The van der Waals surface area contributed by atoms with Gasteiger partial charge in [0.25, 0.3) is 6.47 Å². The second kappa shape index (κ2) is 5.13. The molecule has 0 saturated carbocycles. The average molecular weight is 158 g/mol. The Kier molecular flexibility index (Phi) is 3.98. The van der Waals surface area contributed by atoms with Crippen molar-refractivity contribution in [1.29, 1.82) is 0 Å². The standard InChI is InChI=1S/C8H14O3/c9-7-10-5-1-3-8-4-2-6-11-8/h7-8H,1-6H2/t8-/m1/s1. The molecule has 1 fully saturated rings. The van der Waals surface area contributed by atoms with Crippen LogP contribution in [0.25, 0.3) is 0 Å². The number of carbonyl (C=O) groups excluding carboxylic acids is 1. The number of rotatable bonds is 5. The molecule has 1 saturated heterocycles. The van der Waals surface area contributed by atoms with Gasteiger partial charge in [-0.3, -0.25) is 4.79 Å². The second-order valence-corrected chi connectivity index (χ2v) is 2.74. The quantitative estimate of drug-likeness (QED) is 0.444. The Morgan fingerprint density at radius 2 is 2.55 bits per heavy atom. The van der Waals surface area contributed by atoms with Gasteiger partial charge in [0.05, 0.1) is 12.7 Å². The van der Waals surface area contributed by atoms with E-state index in [9.17, 15) is 4.79 Å². The molecule has 0 N–H and O–H groups in total. The highest BCUT2D eigenvalue weighted by molar-refractivity contribution is 5.36. The van der Waals surface area contributed by atoms with Crippen molar-refractivity contribution in [3.8, 4) is 0 Å². The molecule has 1 rings (SSSR count). The van der Waals surface area contributed by atoms with Gasteiger partial charge in [-0.2, -0.15) is 0 Å². The van der Waals surface area contributed by atoms with E-state index >= 15 is 0 Å². The second-order valence-electron chi connectivity index (χ2n) is 2.74. The molecule has 0 aliphatic carbocycles. The van der Waals surface area contributed by atoms with E-state index in [2.05, 4.69) is 4.74 Å². The summed E-state index contributed by atoms with van der Waals surface area (Å²) in [6, 6.07) is 0. The van der Waals surface area contributed by atoms with Gasteiger partial charge < -0.3 is 9.47 Å². The van der Waals surface area contributed by atoms with Crippen molar-refractivity contribution in [1.82, 2.24) is 0 Å². The Bertz CT molecular complexity index is 108.